The Labute approximate surface area is 352 Å². The molecule has 0 saturated heterocycles. The summed E-state index contributed by atoms with van der Waals surface area (Å²) in [4.78, 5) is 35.0. The Morgan fingerprint density at radius 1 is 0.707 bits per heavy atom. The van der Waals surface area contributed by atoms with Gasteiger partial charge in [0.15, 0.2) is 0 Å². The maximum Gasteiger partial charge on any atom is 0.311 e. The standard InChI is InChI=1S/C20H32O2.2C16H22O2/c1-6-14-20(5,7-2)19(21)22-15-13-16(3)17(4)18-11-9-8-10-12-18;1-12(2)16(17)18-15-10-6-9-14(11-15)13-7-4-3-5-8-13;1-2-16(17)18-11-10-13-8-9-15(12-13)14-6-4-3-5-7-14/h8-12,16-17H,6-7,13-15H2,1-5H3;3-5,7-8,12,14-15H,6,9-11H2,1-2H3;3-7,13,15H,2,8-12H2,1H3. The summed E-state index contributed by atoms with van der Waals surface area (Å²) >= 11 is 0. The van der Waals surface area contributed by atoms with Crippen LogP contribution in [0.1, 0.15) is 173 Å². The zero-order chi connectivity index (χ0) is 42.3. The van der Waals surface area contributed by atoms with Gasteiger partial charge >= 0.3 is 17.9 Å². The fraction of sp³-hybridized carbons (Fsp3) is 0.596. The monoisotopic (exact) mass is 797 g/mol. The van der Waals surface area contributed by atoms with Gasteiger partial charge in [0.1, 0.15) is 6.10 Å². The molecule has 2 saturated carbocycles. The molecule has 3 aromatic rings. The van der Waals surface area contributed by atoms with Crippen molar-refractivity contribution >= 4 is 17.9 Å². The Morgan fingerprint density at radius 3 is 1.84 bits per heavy atom. The molecular weight excluding hydrogens is 721 g/mol. The van der Waals surface area contributed by atoms with Crippen molar-refractivity contribution < 1.29 is 28.6 Å². The molecule has 6 heteroatoms. The van der Waals surface area contributed by atoms with Crippen molar-refractivity contribution in [1.29, 1.82) is 0 Å². The van der Waals surface area contributed by atoms with Crippen LogP contribution < -0.4 is 0 Å². The minimum absolute atomic E-state index is 0.0258. The first-order chi connectivity index (χ1) is 27.9. The molecule has 0 aliphatic heterocycles. The third-order valence-electron chi connectivity index (χ3n) is 12.6. The number of carbonyl (C=O) groups is 3. The fourth-order valence-electron chi connectivity index (χ4n) is 8.21. The van der Waals surface area contributed by atoms with Crippen LogP contribution in [0, 0.1) is 23.2 Å². The van der Waals surface area contributed by atoms with E-state index in [9.17, 15) is 14.4 Å². The zero-order valence-corrected chi connectivity index (χ0v) is 37.3. The third-order valence-corrected chi connectivity index (χ3v) is 12.6. The lowest BCUT2D eigenvalue weighted by molar-refractivity contribution is -0.156. The zero-order valence-electron chi connectivity index (χ0n) is 37.3. The first-order valence-corrected chi connectivity index (χ1v) is 22.6. The Morgan fingerprint density at radius 2 is 1.29 bits per heavy atom. The largest absolute Gasteiger partial charge is 0.466 e. The summed E-state index contributed by atoms with van der Waals surface area (Å²) in [5.74, 6) is 2.75. The van der Waals surface area contributed by atoms with E-state index in [-0.39, 0.29) is 35.3 Å². The molecule has 0 bridgehead atoms. The lowest BCUT2D eigenvalue weighted by atomic mass is 9.82. The summed E-state index contributed by atoms with van der Waals surface area (Å²) in [5, 5.41) is 0. The molecule has 2 aliphatic rings. The molecule has 320 valence electrons. The molecule has 0 radical (unpaired) electrons. The lowest BCUT2D eigenvalue weighted by Crippen LogP contribution is -2.29. The SMILES string of the molecule is CC(C)C(=O)OC1CCCC(c2ccccc2)C1.CCC(=O)OCCC1CCC(c2ccccc2)C1.CCCC(C)(CC)C(=O)OCCC(C)C(C)c1ccccc1. The van der Waals surface area contributed by atoms with Crippen molar-refractivity contribution in [2.75, 3.05) is 13.2 Å². The maximum absolute atomic E-state index is 12.3. The molecular formula is C52H76O6. The Bertz CT molecular complexity index is 1570. The molecule has 0 heterocycles. The second-order valence-corrected chi connectivity index (χ2v) is 17.4. The lowest BCUT2D eigenvalue weighted by Gasteiger charge is -2.29. The molecule has 0 N–H and O–H groups in total. The van der Waals surface area contributed by atoms with Crippen LogP contribution in [0.2, 0.25) is 0 Å². The van der Waals surface area contributed by atoms with E-state index in [2.05, 4.69) is 107 Å². The molecule has 2 aliphatic carbocycles. The summed E-state index contributed by atoms with van der Waals surface area (Å²) in [6.45, 7) is 17.4. The molecule has 6 nitrogen and oxygen atoms in total. The highest BCUT2D eigenvalue weighted by atomic mass is 16.5. The number of rotatable bonds is 17. The van der Waals surface area contributed by atoms with Crippen LogP contribution in [0.4, 0.5) is 0 Å². The van der Waals surface area contributed by atoms with Crippen LogP contribution in [0.25, 0.3) is 0 Å². The molecule has 7 atom stereocenters. The maximum atomic E-state index is 12.3. The number of benzene rings is 3. The highest BCUT2D eigenvalue weighted by Crippen LogP contribution is 2.40. The van der Waals surface area contributed by atoms with Gasteiger partial charge in [-0.25, -0.2) is 0 Å². The van der Waals surface area contributed by atoms with E-state index >= 15 is 0 Å². The number of ether oxygens (including phenoxy) is 3. The van der Waals surface area contributed by atoms with Crippen LogP contribution in [-0.2, 0) is 28.6 Å². The van der Waals surface area contributed by atoms with Gasteiger partial charge in [0, 0.05) is 6.42 Å². The van der Waals surface area contributed by atoms with E-state index in [1.807, 2.05) is 39.8 Å². The molecule has 2 fully saturated rings. The minimum atomic E-state index is -0.316. The van der Waals surface area contributed by atoms with Crippen molar-refractivity contribution in [3.05, 3.63) is 108 Å². The van der Waals surface area contributed by atoms with Crippen LogP contribution >= 0.6 is 0 Å². The van der Waals surface area contributed by atoms with E-state index in [1.165, 1.54) is 42.4 Å². The Kier molecular flexibility index (Phi) is 21.9. The van der Waals surface area contributed by atoms with E-state index in [0.29, 0.717) is 43.3 Å². The predicted octanol–water partition coefficient (Wildman–Crippen LogP) is 13.4. The fourth-order valence-corrected chi connectivity index (χ4v) is 8.21. The predicted molar refractivity (Wildman–Crippen MR) is 238 cm³/mol. The van der Waals surface area contributed by atoms with Crippen LogP contribution in [0.15, 0.2) is 91.0 Å². The van der Waals surface area contributed by atoms with Crippen molar-refractivity contribution in [3.8, 4) is 0 Å². The number of hydrogen-bond donors (Lipinski definition) is 0. The summed E-state index contributed by atoms with van der Waals surface area (Å²) < 4.78 is 16.3. The van der Waals surface area contributed by atoms with E-state index in [1.54, 1.807) is 0 Å². The van der Waals surface area contributed by atoms with E-state index in [4.69, 9.17) is 14.2 Å². The summed E-state index contributed by atoms with van der Waals surface area (Å²) in [7, 11) is 0. The average Bonchev–Trinajstić information content (AvgIpc) is 3.73. The Balaban J connectivity index is 0.000000234. The molecule has 5 rings (SSSR count). The third kappa shape index (κ3) is 16.7. The average molecular weight is 797 g/mol. The van der Waals surface area contributed by atoms with Crippen molar-refractivity contribution in [2.45, 2.75) is 163 Å². The molecule has 0 amide bonds. The van der Waals surface area contributed by atoms with Gasteiger partial charge in [-0.05, 0) is 124 Å². The van der Waals surface area contributed by atoms with Gasteiger partial charge in [0.25, 0.3) is 0 Å². The van der Waals surface area contributed by atoms with Crippen LogP contribution in [0.3, 0.4) is 0 Å². The number of hydrogen-bond acceptors (Lipinski definition) is 6. The van der Waals surface area contributed by atoms with Gasteiger partial charge in [-0.3, -0.25) is 14.4 Å². The summed E-state index contributed by atoms with van der Waals surface area (Å²) in [6.07, 6.45) is 13.4. The smallest absolute Gasteiger partial charge is 0.311 e. The van der Waals surface area contributed by atoms with E-state index in [0.717, 1.165) is 57.3 Å². The first-order valence-electron chi connectivity index (χ1n) is 22.6. The second-order valence-electron chi connectivity index (χ2n) is 17.4. The number of esters is 3. The highest BCUT2D eigenvalue weighted by molar-refractivity contribution is 5.76. The number of carbonyl (C=O) groups excluding carboxylic acids is 3. The van der Waals surface area contributed by atoms with Crippen LogP contribution in [-0.4, -0.2) is 37.2 Å². The quantitative estimate of drug-likeness (QED) is 0.1000. The minimum Gasteiger partial charge on any atom is -0.466 e. The summed E-state index contributed by atoms with van der Waals surface area (Å²) in [5.41, 5.74) is 3.88. The van der Waals surface area contributed by atoms with Gasteiger partial charge in [-0.1, -0.05) is 146 Å². The second kappa shape index (κ2) is 26.2. The van der Waals surface area contributed by atoms with Gasteiger partial charge < -0.3 is 14.2 Å². The van der Waals surface area contributed by atoms with Gasteiger partial charge in [-0.15, -0.1) is 0 Å². The Hall–Kier alpha value is -3.93. The normalized spacial score (nSPS) is 20.8. The molecule has 7 unspecified atom stereocenters. The summed E-state index contributed by atoms with van der Waals surface area (Å²) in [6, 6.07) is 31.9. The topological polar surface area (TPSA) is 78.9 Å². The molecule has 58 heavy (non-hydrogen) atoms. The molecule has 0 spiro atoms. The van der Waals surface area contributed by atoms with Crippen molar-refractivity contribution in [1.82, 2.24) is 0 Å². The van der Waals surface area contributed by atoms with Crippen LogP contribution in [0.5, 0.6) is 0 Å². The highest BCUT2D eigenvalue weighted by Gasteiger charge is 2.32. The van der Waals surface area contributed by atoms with Gasteiger partial charge in [0.05, 0.1) is 24.5 Å². The molecule has 0 aromatic heterocycles. The first kappa shape index (κ1) is 48.4. The van der Waals surface area contributed by atoms with Crippen molar-refractivity contribution in [2.24, 2.45) is 23.2 Å². The van der Waals surface area contributed by atoms with Gasteiger partial charge in [0.2, 0.25) is 0 Å². The van der Waals surface area contributed by atoms with Crippen molar-refractivity contribution in [3.63, 3.8) is 0 Å². The molecule has 3 aromatic carbocycles. The van der Waals surface area contributed by atoms with Gasteiger partial charge in [-0.2, -0.15) is 0 Å². The van der Waals surface area contributed by atoms with E-state index < -0.39 is 0 Å².